The number of aromatic carboxylic acids is 1. The van der Waals surface area contributed by atoms with E-state index in [1.807, 2.05) is 13.0 Å². The molecule has 0 bridgehead atoms. The molecule has 1 N–H and O–H groups in total. The Hall–Kier alpha value is -1.88. The van der Waals surface area contributed by atoms with Crippen LogP contribution in [0.2, 0.25) is 0 Å². The van der Waals surface area contributed by atoms with Gasteiger partial charge < -0.3 is 14.4 Å². The summed E-state index contributed by atoms with van der Waals surface area (Å²) < 4.78 is 7.63. The molecule has 5 heteroatoms. The molecule has 0 fully saturated rings. The zero-order valence-electron chi connectivity index (χ0n) is 12.8. The number of imidazole rings is 1. The number of carboxylic acid groups (broad SMARTS) is 1. The number of nitrogens with zero attached hydrogens (tertiary/aromatic N) is 2. The summed E-state index contributed by atoms with van der Waals surface area (Å²) in [6.07, 6.45) is 1.79. The van der Waals surface area contributed by atoms with E-state index in [1.165, 1.54) is 0 Å². The minimum atomic E-state index is -0.939. The first-order valence-electron chi connectivity index (χ1n) is 7.41. The van der Waals surface area contributed by atoms with E-state index in [2.05, 4.69) is 23.4 Å². The second-order valence-corrected chi connectivity index (χ2v) is 5.13. The van der Waals surface area contributed by atoms with Gasteiger partial charge in [0.05, 0.1) is 23.7 Å². The maximum atomic E-state index is 11.4. The predicted octanol–water partition coefficient (Wildman–Crippen LogP) is 3.28. The van der Waals surface area contributed by atoms with Crippen LogP contribution in [0.3, 0.4) is 0 Å². The highest BCUT2D eigenvalue weighted by atomic mass is 16.5. The first kappa shape index (κ1) is 15.5. The Morgan fingerprint density at radius 3 is 2.81 bits per heavy atom. The predicted molar refractivity (Wildman–Crippen MR) is 81.9 cm³/mol. The first-order chi connectivity index (χ1) is 10.1. The number of para-hydroxylation sites is 1. The van der Waals surface area contributed by atoms with Crippen LogP contribution in [0.4, 0.5) is 0 Å². The molecule has 21 heavy (non-hydrogen) atoms. The smallest absolute Gasteiger partial charge is 0.337 e. The van der Waals surface area contributed by atoms with Crippen molar-refractivity contribution in [2.75, 3.05) is 13.2 Å². The lowest BCUT2D eigenvalue weighted by Gasteiger charge is -2.17. The topological polar surface area (TPSA) is 64.3 Å². The standard InChI is InChI=1S/C16H22N2O3/c1-4-7-14-17-15-12(16(19)20)8-6-9-13(15)18(14)11(3)10-21-5-2/h6,8-9,11H,4-5,7,10H2,1-3H3,(H,19,20). The van der Waals surface area contributed by atoms with Crippen molar-refractivity contribution in [3.05, 3.63) is 29.6 Å². The SMILES string of the molecule is CCCc1nc2c(C(=O)O)cccc2n1C(C)COCC. The molecule has 5 nitrogen and oxygen atoms in total. The van der Waals surface area contributed by atoms with E-state index in [9.17, 15) is 9.90 Å². The molecule has 1 aromatic carbocycles. The molecule has 0 amide bonds. The van der Waals surface area contributed by atoms with Crippen LogP contribution in [0.5, 0.6) is 0 Å². The third kappa shape index (κ3) is 3.08. The molecule has 1 heterocycles. The summed E-state index contributed by atoms with van der Waals surface area (Å²) in [6, 6.07) is 5.43. The van der Waals surface area contributed by atoms with E-state index in [0.717, 1.165) is 24.2 Å². The lowest BCUT2D eigenvalue weighted by Crippen LogP contribution is -2.15. The second kappa shape index (κ2) is 6.72. The van der Waals surface area contributed by atoms with Gasteiger partial charge in [0.25, 0.3) is 0 Å². The highest BCUT2D eigenvalue weighted by Crippen LogP contribution is 2.25. The number of aryl methyl sites for hydroxylation is 1. The summed E-state index contributed by atoms with van der Waals surface area (Å²) in [6.45, 7) is 7.39. The van der Waals surface area contributed by atoms with Gasteiger partial charge >= 0.3 is 5.97 Å². The van der Waals surface area contributed by atoms with Crippen LogP contribution in [0.1, 0.15) is 49.4 Å². The number of rotatable bonds is 7. The molecule has 0 aliphatic carbocycles. The highest BCUT2D eigenvalue weighted by molar-refractivity contribution is 6.01. The number of hydrogen-bond acceptors (Lipinski definition) is 3. The van der Waals surface area contributed by atoms with E-state index in [-0.39, 0.29) is 11.6 Å². The monoisotopic (exact) mass is 290 g/mol. The molecule has 2 aromatic rings. The maximum Gasteiger partial charge on any atom is 0.337 e. The fourth-order valence-electron chi connectivity index (χ4n) is 2.59. The molecule has 2 rings (SSSR count). The van der Waals surface area contributed by atoms with Crippen LogP contribution in [-0.2, 0) is 11.2 Å². The summed E-state index contributed by atoms with van der Waals surface area (Å²) in [5.41, 5.74) is 1.69. The summed E-state index contributed by atoms with van der Waals surface area (Å²) in [4.78, 5) is 15.9. The summed E-state index contributed by atoms with van der Waals surface area (Å²) >= 11 is 0. The van der Waals surface area contributed by atoms with Gasteiger partial charge in [0.1, 0.15) is 11.3 Å². The zero-order chi connectivity index (χ0) is 15.4. The third-order valence-corrected chi connectivity index (χ3v) is 3.50. The van der Waals surface area contributed by atoms with Gasteiger partial charge in [0.2, 0.25) is 0 Å². The van der Waals surface area contributed by atoms with Crippen molar-refractivity contribution < 1.29 is 14.6 Å². The normalized spacial score (nSPS) is 12.7. The minimum absolute atomic E-state index is 0.126. The van der Waals surface area contributed by atoms with E-state index in [0.29, 0.717) is 18.7 Å². The van der Waals surface area contributed by atoms with E-state index < -0.39 is 5.97 Å². The molecule has 0 saturated carbocycles. The lowest BCUT2D eigenvalue weighted by molar-refractivity contribution is 0.0699. The van der Waals surface area contributed by atoms with Gasteiger partial charge in [0, 0.05) is 13.0 Å². The van der Waals surface area contributed by atoms with Crippen molar-refractivity contribution in [1.82, 2.24) is 9.55 Å². The number of benzene rings is 1. The van der Waals surface area contributed by atoms with E-state index >= 15 is 0 Å². The molecule has 1 aromatic heterocycles. The second-order valence-electron chi connectivity index (χ2n) is 5.13. The number of hydrogen-bond donors (Lipinski definition) is 1. The van der Waals surface area contributed by atoms with Gasteiger partial charge in [-0.3, -0.25) is 0 Å². The lowest BCUT2D eigenvalue weighted by atomic mass is 10.2. The zero-order valence-corrected chi connectivity index (χ0v) is 12.8. The molecular formula is C16H22N2O3. The number of aromatic nitrogens is 2. The number of carboxylic acids is 1. The van der Waals surface area contributed by atoms with Gasteiger partial charge in [-0.25, -0.2) is 9.78 Å². The number of ether oxygens (including phenoxy) is 1. The number of carbonyl (C=O) groups is 1. The summed E-state index contributed by atoms with van der Waals surface area (Å²) in [5, 5.41) is 9.32. The molecule has 114 valence electrons. The van der Waals surface area contributed by atoms with Crippen molar-refractivity contribution in [3.8, 4) is 0 Å². The van der Waals surface area contributed by atoms with Gasteiger partial charge in [-0.05, 0) is 32.4 Å². The first-order valence-corrected chi connectivity index (χ1v) is 7.41. The Kier molecular flexibility index (Phi) is 4.96. The fourth-order valence-corrected chi connectivity index (χ4v) is 2.59. The molecule has 1 unspecified atom stereocenters. The van der Waals surface area contributed by atoms with Crippen LogP contribution < -0.4 is 0 Å². The Morgan fingerprint density at radius 1 is 1.43 bits per heavy atom. The fraction of sp³-hybridized carbons (Fsp3) is 0.500. The molecular weight excluding hydrogens is 268 g/mol. The van der Waals surface area contributed by atoms with Crippen LogP contribution in [0.25, 0.3) is 11.0 Å². The van der Waals surface area contributed by atoms with Crippen molar-refractivity contribution in [2.24, 2.45) is 0 Å². The van der Waals surface area contributed by atoms with Gasteiger partial charge in [-0.1, -0.05) is 13.0 Å². The van der Waals surface area contributed by atoms with Crippen molar-refractivity contribution in [3.63, 3.8) is 0 Å². The average Bonchev–Trinajstić information content (AvgIpc) is 2.82. The Bertz CT molecular complexity index is 634. The minimum Gasteiger partial charge on any atom is -0.478 e. The van der Waals surface area contributed by atoms with Crippen LogP contribution in [0, 0.1) is 0 Å². The third-order valence-electron chi connectivity index (χ3n) is 3.50. The largest absolute Gasteiger partial charge is 0.478 e. The van der Waals surface area contributed by atoms with Gasteiger partial charge in [0.15, 0.2) is 0 Å². The van der Waals surface area contributed by atoms with E-state index in [4.69, 9.17) is 4.74 Å². The van der Waals surface area contributed by atoms with Crippen LogP contribution >= 0.6 is 0 Å². The Balaban J connectivity index is 2.57. The van der Waals surface area contributed by atoms with Crippen molar-refractivity contribution in [2.45, 2.75) is 39.7 Å². The quantitative estimate of drug-likeness (QED) is 0.850. The molecule has 0 saturated heterocycles. The van der Waals surface area contributed by atoms with Crippen molar-refractivity contribution >= 4 is 17.0 Å². The molecule has 0 spiro atoms. The molecule has 0 aliphatic rings. The summed E-state index contributed by atoms with van der Waals surface area (Å²) in [7, 11) is 0. The van der Waals surface area contributed by atoms with E-state index in [1.54, 1.807) is 12.1 Å². The molecule has 1 atom stereocenters. The Morgan fingerprint density at radius 2 is 2.19 bits per heavy atom. The summed E-state index contributed by atoms with van der Waals surface area (Å²) in [5.74, 6) is -0.0147. The maximum absolute atomic E-state index is 11.4. The Labute approximate surface area is 124 Å². The highest BCUT2D eigenvalue weighted by Gasteiger charge is 2.19. The van der Waals surface area contributed by atoms with Crippen molar-refractivity contribution in [1.29, 1.82) is 0 Å². The molecule has 0 aliphatic heterocycles. The van der Waals surface area contributed by atoms with Gasteiger partial charge in [-0.2, -0.15) is 0 Å². The number of fused-ring (bicyclic) bond motifs is 1. The molecule has 0 radical (unpaired) electrons. The average molecular weight is 290 g/mol. The van der Waals surface area contributed by atoms with Crippen LogP contribution in [0.15, 0.2) is 18.2 Å². The van der Waals surface area contributed by atoms with Crippen LogP contribution in [-0.4, -0.2) is 33.8 Å². The van der Waals surface area contributed by atoms with Gasteiger partial charge in [-0.15, -0.1) is 0 Å².